The highest BCUT2D eigenvalue weighted by Gasteiger charge is 2.51. The van der Waals surface area contributed by atoms with Gasteiger partial charge in [-0.3, -0.25) is 14.4 Å². The van der Waals surface area contributed by atoms with Crippen molar-refractivity contribution in [2.75, 3.05) is 11.9 Å². The topological polar surface area (TPSA) is 208 Å². The van der Waals surface area contributed by atoms with E-state index in [4.69, 9.17) is 28.7 Å². The minimum atomic E-state index is -1.98. The Labute approximate surface area is 427 Å². The van der Waals surface area contributed by atoms with Crippen LogP contribution in [-0.2, 0) is 58.5 Å². The lowest BCUT2D eigenvalue weighted by atomic mass is 9.85. The number of Topliss-reactive ketones (excluding diaryl/α,β-unsaturated/α-hetero) is 1. The summed E-state index contributed by atoms with van der Waals surface area (Å²) in [4.78, 5) is 99.8. The Morgan fingerprint density at radius 2 is 1.54 bits per heavy atom. The zero-order valence-electron chi connectivity index (χ0n) is 42.6. The molecule has 1 aliphatic carbocycles. The summed E-state index contributed by atoms with van der Waals surface area (Å²) in [5.41, 5.74) is 5.18. The molecule has 9 rings (SSSR count). The molecular weight excluding hydrogens is 945 g/mol. The first kappa shape index (κ1) is 50.8. The maximum Gasteiger partial charge on any atom is 0.514 e. The van der Waals surface area contributed by atoms with E-state index in [1.54, 1.807) is 77.3 Å². The number of carbonyl (C=O) groups is 6. The van der Waals surface area contributed by atoms with E-state index in [1.807, 2.05) is 55.5 Å². The minimum absolute atomic E-state index is 0.0528. The average molecular weight is 1000 g/mol. The fourth-order valence-corrected chi connectivity index (χ4v) is 10.2. The summed E-state index contributed by atoms with van der Waals surface area (Å²) in [6, 6.07) is 27.7. The van der Waals surface area contributed by atoms with Gasteiger partial charge in [0.25, 0.3) is 5.56 Å². The number of carbonyl (C=O) groups excluding carboxylic acids is 6. The predicted molar refractivity (Wildman–Crippen MR) is 275 cm³/mol. The smallest absolute Gasteiger partial charge is 0.457 e. The summed E-state index contributed by atoms with van der Waals surface area (Å²) < 4.78 is 29.8. The van der Waals surface area contributed by atoms with Crippen LogP contribution < -0.4 is 20.9 Å². The van der Waals surface area contributed by atoms with E-state index in [-0.39, 0.29) is 72.7 Å². The molecule has 0 unspecified atom stereocenters. The first-order valence-corrected chi connectivity index (χ1v) is 24.9. The summed E-state index contributed by atoms with van der Waals surface area (Å²) in [5, 5.41) is 6.26. The van der Waals surface area contributed by atoms with Gasteiger partial charge in [0.05, 0.1) is 40.6 Å². The van der Waals surface area contributed by atoms with E-state index < -0.39 is 58.8 Å². The van der Waals surface area contributed by atoms with Gasteiger partial charge in [0.15, 0.2) is 5.78 Å². The normalized spacial score (nSPS) is 16.1. The van der Waals surface area contributed by atoms with Gasteiger partial charge < -0.3 is 38.9 Å². The van der Waals surface area contributed by atoms with Crippen molar-refractivity contribution in [1.82, 2.24) is 14.9 Å². The van der Waals surface area contributed by atoms with Gasteiger partial charge in [-0.2, -0.15) is 0 Å². The molecule has 2 amide bonds. The van der Waals surface area contributed by atoms with E-state index in [1.165, 1.54) is 24.3 Å². The van der Waals surface area contributed by atoms with Crippen molar-refractivity contribution in [3.05, 3.63) is 146 Å². The fraction of sp³-hybridized carbons (Fsp3) is 0.345. The molecule has 382 valence electrons. The molecule has 0 spiro atoms. The third-order valence-electron chi connectivity index (χ3n) is 13.9. The second kappa shape index (κ2) is 20.0. The molecule has 2 N–H and O–H groups in total. The van der Waals surface area contributed by atoms with E-state index in [0.717, 1.165) is 38.8 Å². The van der Waals surface area contributed by atoms with Crippen LogP contribution in [0.3, 0.4) is 0 Å². The first-order valence-electron chi connectivity index (χ1n) is 24.9. The van der Waals surface area contributed by atoms with Crippen LogP contribution in [0.25, 0.3) is 33.4 Å². The Morgan fingerprint density at radius 3 is 2.18 bits per heavy atom. The summed E-state index contributed by atoms with van der Waals surface area (Å²) in [7, 11) is 0. The molecule has 0 bridgehead atoms. The third kappa shape index (κ3) is 9.63. The lowest BCUT2D eigenvalue weighted by molar-refractivity contribution is -0.173. The van der Waals surface area contributed by atoms with Gasteiger partial charge in [-0.05, 0) is 116 Å². The van der Waals surface area contributed by atoms with Gasteiger partial charge in [0.2, 0.25) is 11.5 Å². The number of pyridine rings is 2. The Bertz CT molecular complexity index is 3290. The Hall–Kier alpha value is -8.14. The molecule has 0 radical (unpaired) electrons. The van der Waals surface area contributed by atoms with Crippen molar-refractivity contribution in [1.29, 1.82) is 0 Å². The quantitative estimate of drug-likeness (QED) is 0.0592. The van der Waals surface area contributed by atoms with Crippen LogP contribution in [0.2, 0.25) is 0 Å². The maximum atomic E-state index is 14.3. The molecule has 2 aliphatic heterocycles. The number of anilines is 1. The van der Waals surface area contributed by atoms with Crippen LogP contribution >= 0.6 is 0 Å². The number of fused-ring (bicyclic) bond motifs is 8. The maximum absolute atomic E-state index is 14.3. The van der Waals surface area contributed by atoms with Crippen molar-refractivity contribution in [2.24, 2.45) is 11.8 Å². The van der Waals surface area contributed by atoms with E-state index in [9.17, 15) is 33.6 Å². The van der Waals surface area contributed by atoms with Gasteiger partial charge in [-0.25, -0.2) is 24.2 Å². The van der Waals surface area contributed by atoms with Crippen molar-refractivity contribution in [3.63, 3.8) is 0 Å². The van der Waals surface area contributed by atoms with Crippen LogP contribution in [-0.4, -0.2) is 63.7 Å². The van der Waals surface area contributed by atoms with Gasteiger partial charge in [0.1, 0.15) is 24.6 Å². The number of cyclic esters (lactones) is 1. The largest absolute Gasteiger partial charge is 0.514 e. The molecule has 4 heterocycles. The highest BCUT2D eigenvalue weighted by Crippen LogP contribution is 2.45. The molecule has 3 aliphatic rings. The molecular formula is C58H58N4O12. The van der Waals surface area contributed by atoms with Gasteiger partial charge >= 0.3 is 24.2 Å². The Balaban J connectivity index is 0.857. The molecule has 4 aromatic carbocycles. The Morgan fingerprint density at radius 1 is 0.865 bits per heavy atom. The van der Waals surface area contributed by atoms with E-state index >= 15 is 0 Å². The number of aromatic nitrogens is 2. The van der Waals surface area contributed by atoms with E-state index in [0.29, 0.717) is 29.0 Å². The number of aryl methyl sites for hydroxylation is 1. The summed E-state index contributed by atoms with van der Waals surface area (Å²) in [6.45, 7) is 14.0. The van der Waals surface area contributed by atoms with Crippen molar-refractivity contribution < 1.29 is 52.5 Å². The van der Waals surface area contributed by atoms with Crippen LogP contribution in [0.1, 0.15) is 118 Å². The summed E-state index contributed by atoms with van der Waals surface area (Å²) >= 11 is 0. The van der Waals surface area contributed by atoms with Crippen LogP contribution in [0.15, 0.2) is 102 Å². The number of ketones is 1. The van der Waals surface area contributed by atoms with Gasteiger partial charge in [-0.15, -0.1) is 0 Å². The molecule has 3 atom stereocenters. The number of ether oxygens (including phenoxy) is 5. The highest BCUT2D eigenvalue weighted by molar-refractivity contribution is 5.98. The number of nitrogens with zero attached hydrogens (tertiary/aromatic N) is 2. The lowest BCUT2D eigenvalue weighted by Gasteiger charge is -2.35. The second-order valence-electron chi connectivity index (χ2n) is 20.3. The Kier molecular flexibility index (Phi) is 13.8. The summed E-state index contributed by atoms with van der Waals surface area (Å²) in [5.74, 6) is -3.47. The molecule has 0 saturated carbocycles. The molecule has 0 saturated heterocycles. The minimum Gasteiger partial charge on any atom is -0.457 e. The fourth-order valence-electron chi connectivity index (χ4n) is 10.2. The molecule has 16 heteroatoms. The number of alkyl carbamates (subject to hydrolysis) is 1. The third-order valence-corrected chi connectivity index (χ3v) is 13.9. The average Bonchev–Trinajstić information content (AvgIpc) is 3.90. The number of amides is 2. The zero-order chi connectivity index (χ0) is 52.8. The zero-order valence-corrected chi connectivity index (χ0v) is 42.6. The van der Waals surface area contributed by atoms with Crippen LogP contribution in [0, 0.1) is 11.8 Å². The van der Waals surface area contributed by atoms with Gasteiger partial charge in [0, 0.05) is 40.5 Å². The molecule has 6 aromatic rings. The molecule has 2 aromatic heterocycles. The summed E-state index contributed by atoms with van der Waals surface area (Å²) in [6.07, 6.45) is -1.24. The first-order chi connectivity index (χ1) is 35.3. The van der Waals surface area contributed by atoms with Crippen molar-refractivity contribution in [2.45, 2.75) is 111 Å². The van der Waals surface area contributed by atoms with Crippen molar-refractivity contribution in [3.8, 4) is 28.3 Å². The monoisotopic (exact) mass is 1000 g/mol. The molecule has 0 fully saturated rings. The molecule has 74 heavy (non-hydrogen) atoms. The number of nitrogens with one attached hydrogen (secondary N) is 2. The van der Waals surface area contributed by atoms with E-state index in [2.05, 4.69) is 10.6 Å². The van der Waals surface area contributed by atoms with Gasteiger partial charge in [-0.1, -0.05) is 83.1 Å². The van der Waals surface area contributed by atoms with Crippen molar-refractivity contribution >= 4 is 52.5 Å². The number of hydrogen-bond donors (Lipinski definition) is 2. The SMILES string of the molecule is CCc1c2c(nc3ccc(OC(=O)OC(C)(C)C)cc13)-c1cc3c(c(=O)n1C2)COC(=O)[C@@]3(CC)OC(=O)c1ccc(NC(=O)[C@H](C)CC(=O)[C@@H](NC(=O)OCC2c3ccccc3-c3ccccc32)C(C)C)cc1. The second-order valence-corrected chi connectivity index (χ2v) is 20.3. The number of rotatable bonds is 14. The molecule has 16 nitrogen and oxygen atoms in total. The number of esters is 2. The van der Waals surface area contributed by atoms with Crippen LogP contribution in [0.5, 0.6) is 5.75 Å². The lowest BCUT2D eigenvalue weighted by Crippen LogP contribution is -2.47. The predicted octanol–water partition coefficient (Wildman–Crippen LogP) is 9.92. The van der Waals surface area contributed by atoms with Crippen LogP contribution in [0.4, 0.5) is 15.3 Å². The highest BCUT2D eigenvalue weighted by atomic mass is 16.7. The number of benzene rings is 4. The number of hydrogen-bond acceptors (Lipinski definition) is 13. The standard InChI is InChI=1S/C58H58N4O12/c1-9-36-41-26-35(72-56(69)74-57(6,7)8)23-24-46(41)60-50-42(36)28-62-47(50)27-45-44(52(62)65)30-70-54(67)58(45,10-2)73-53(66)33-19-21-34(22-20-33)59-51(64)32(5)25-48(63)49(31(3)4)61-55(68)71-29-43-39-17-13-11-15-37(39)38-16-12-14-18-40(38)43/h11-24,26-27,31-32,43,49H,9-10,25,28-30H2,1-8H3,(H,59,64)(H,61,68)/t32-,49+,58+/m1/s1.